The second kappa shape index (κ2) is 6.84. The van der Waals surface area contributed by atoms with Crippen molar-refractivity contribution in [3.63, 3.8) is 0 Å². The van der Waals surface area contributed by atoms with E-state index in [-0.39, 0.29) is 18.1 Å². The van der Waals surface area contributed by atoms with Gasteiger partial charge in [-0.2, -0.15) is 5.11 Å². The highest BCUT2D eigenvalue weighted by atomic mass is 19.1. The Bertz CT molecular complexity index is 963. The number of anilines is 2. The summed E-state index contributed by atoms with van der Waals surface area (Å²) in [5.41, 5.74) is 0.954. The minimum Gasteiger partial charge on any atom is -0.314 e. The molecule has 2 aromatic rings. The third kappa shape index (κ3) is 2.90. The van der Waals surface area contributed by atoms with E-state index in [0.717, 1.165) is 4.90 Å². The molecule has 142 valence electrons. The molecular weight excluding hydrogens is 365 g/mol. The van der Waals surface area contributed by atoms with Gasteiger partial charge in [0.1, 0.15) is 12.4 Å². The van der Waals surface area contributed by atoms with Crippen LogP contribution < -0.4 is 9.80 Å². The highest BCUT2D eigenvalue weighted by Gasteiger charge is 2.55. The number of benzene rings is 2. The summed E-state index contributed by atoms with van der Waals surface area (Å²) in [4.78, 5) is 40.5. The second-order valence-corrected chi connectivity index (χ2v) is 6.47. The molecule has 0 aliphatic carbocycles. The standard InChI is InChI=1S/C19H16FN5O3/c1-23(13-5-3-2-4-6-13)15(26)11-24-17-16(21-22-24)18(27)25(19(17)28)14-9-7-12(20)8-10-14/h2-10,16-17H,11H2,1H3. The molecule has 2 atom stereocenters. The number of fused-ring (bicyclic) bond motifs is 1. The molecule has 2 unspecified atom stereocenters. The minimum atomic E-state index is -1.01. The van der Waals surface area contributed by atoms with Gasteiger partial charge in [-0.1, -0.05) is 23.4 Å². The molecule has 0 N–H and O–H groups in total. The summed E-state index contributed by atoms with van der Waals surface area (Å²) < 4.78 is 13.1. The molecule has 9 heteroatoms. The molecular formula is C19H16FN5O3. The van der Waals surface area contributed by atoms with Crippen LogP contribution in [0.15, 0.2) is 64.9 Å². The Morgan fingerprint density at radius 2 is 1.75 bits per heavy atom. The van der Waals surface area contributed by atoms with Crippen molar-refractivity contribution in [2.24, 2.45) is 10.3 Å². The van der Waals surface area contributed by atoms with Crippen molar-refractivity contribution in [3.8, 4) is 0 Å². The Morgan fingerprint density at radius 3 is 2.43 bits per heavy atom. The first-order valence-electron chi connectivity index (χ1n) is 8.60. The summed E-state index contributed by atoms with van der Waals surface area (Å²) in [5, 5.41) is 8.98. The summed E-state index contributed by atoms with van der Waals surface area (Å²) in [7, 11) is 1.62. The molecule has 2 aromatic carbocycles. The number of halogens is 1. The number of amides is 3. The summed E-state index contributed by atoms with van der Waals surface area (Å²) in [6.45, 7) is -0.202. The third-order valence-electron chi connectivity index (χ3n) is 4.76. The van der Waals surface area contributed by atoms with Crippen LogP contribution in [0.1, 0.15) is 0 Å². The molecule has 8 nitrogen and oxygen atoms in total. The maximum absolute atomic E-state index is 13.1. The number of likely N-dealkylation sites (N-methyl/N-ethyl adjacent to an activating group) is 1. The van der Waals surface area contributed by atoms with Gasteiger partial charge < -0.3 is 4.90 Å². The molecule has 0 aromatic heterocycles. The topological polar surface area (TPSA) is 85.7 Å². The van der Waals surface area contributed by atoms with E-state index in [0.29, 0.717) is 5.69 Å². The van der Waals surface area contributed by atoms with Crippen LogP contribution in [0.4, 0.5) is 15.8 Å². The number of rotatable bonds is 4. The average molecular weight is 381 g/mol. The van der Waals surface area contributed by atoms with Crippen molar-refractivity contribution < 1.29 is 18.8 Å². The van der Waals surface area contributed by atoms with Crippen LogP contribution in [-0.2, 0) is 14.4 Å². The Morgan fingerprint density at radius 1 is 1.07 bits per heavy atom. The van der Waals surface area contributed by atoms with Gasteiger partial charge in [-0.25, -0.2) is 9.29 Å². The van der Waals surface area contributed by atoms with Gasteiger partial charge in [-0.15, -0.1) is 0 Å². The van der Waals surface area contributed by atoms with Crippen molar-refractivity contribution in [2.45, 2.75) is 12.1 Å². The normalized spacial score (nSPS) is 20.6. The summed E-state index contributed by atoms with van der Waals surface area (Å²) in [6.07, 6.45) is 0. The molecule has 0 radical (unpaired) electrons. The van der Waals surface area contributed by atoms with E-state index < -0.39 is 29.7 Å². The number of imide groups is 1. The largest absolute Gasteiger partial charge is 0.314 e. The first-order valence-corrected chi connectivity index (χ1v) is 8.60. The fourth-order valence-electron chi connectivity index (χ4n) is 3.24. The number of carbonyl (C=O) groups excluding carboxylic acids is 3. The average Bonchev–Trinajstić information content (AvgIpc) is 3.23. The van der Waals surface area contributed by atoms with Crippen LogP contribution >= 0.6 is 0 Å². The second-order valence-electron chi connectivity index (χ2n) is 6.47. The molecule has 4 rings (SSSR count). The minimum absolute atomic E-state index is 0.202. The van der Waals surface area contributed by atoms with E-state index in [4.69, 9.17) is 0 Å². The number of carbonyl (C=O) groups is 3. The lowest BCUT2D eigenvalue weighted by atomic mass is 10.1. The summed E-state index contributed by atoms with van der Waals surface area (Å²) in [5.74, 6) is -1.86. The molecule has 0 bridgehead atoms. The van der Waals surface area contributed by atoms with Gasteiger partial charge >= 0.3 is 0 Å². The van der Waals surface area contributed by atoms with Crippen molar-refractivity contribution in [1.29, 1.82) is 0 Å². The molecule has 1 fully saturated rings. The smallest absolute Gasteiger partial charge is 0.263 e. The van der Waals surface area contributed by atoms with E-state index in [1.165, 1.54) is 34.2 Å². The van der Waals surface area contributed by atoms with Crippen molar-refractivity contribution in [2.75, 3.05) is 23.4 Å². The predicted octanol–water partition coefficient (Wildman–Crippen LogP) is 1.78. The molecule has 2 heterocycles. The first kappa shape index (κ1) is 17.8. The zero-order chi connectivity index (χ0) is 19.8. The van der Waals surface area contributed by atoms with Gasteiger partial charge in [-0.05, 0) is 36.4 Å². The maximum Gasteiger partial charge on any atom is 0.263 e. The Labute approximate surface area is 159 Å². The van der Waals surface area contributed by atoms with E-state index in [2.05, 4.69) is 10.3 Å². The maximum atomic E-state index is 13.1. The number of para-hydroxylation sites is 1. The van der Waals surface area contributed by atoms with Crippen molar-refractivity contribution in [1.82, 2.24) is 5.01 Å². The van der Waals surface area contributed by atoms with Gasteiger partial charge in [0.05, 0.1) is 5.69 Å². The van der Waals surface area contributed by atoms with Crippen LogP contribution in [-0.4, -0.2) is 48.4 Å². The number of hydrogen-bond acceptors (Lipinski definition) is 6. The molecule has 1 saturated heterocycles. The first-order chi connectivity index (χ1) is 13.5. The monoisotopic (exact) mass is 381 g/mol. The van der Waals surface area contributed by atoms with Gasteiger partial charge in [0.15, 0.2) is 12.1 Å². The quantitative estimate of drug-likeness (QED) is 0.756. The zero-order valence-corrected chi connectivity index (χ0v) is 14.9. The lowest BCUT2D eigenvalue weighted by Gasteiger charge is -2.23. The van der Waals surface area contributed by atoms with Crippen LogP contribution in [0.25, 0.3) is 0 Å². The molecule has 0 spiro atoms. The third-order valence-corrected chi connectivity index (χ3v) is 4.76. The van der Waals surface area contributed by atoms with Crippen molar-refractivity contribution in [3.05, 3.63) is 60.4 Å². The van der Waals surface area contributed by atoms with E-state index in [1.807, 2.05) is 18.2 Å². The fraction of sp³-hybridized carbons (Fsp3) is 0.211. The lowest BCUT2D eigenvalue weighted by molar-refractivity contribution is -0.124. The summed E-state index contributed by atoms with van der Waals surface area (Å²) >= 11 is 0. The molecule has 3 amide bonds. The SMILES string of the molecule is CN(C(=O)CN1N=NC2C(=O)N(c3ccc(F)cc3)C(=O)C21)c1ccccc1. The highest BCUT2D eigenvalue weighted by molar-refractivity contribution is 6.25. The van der Waals surface area contributed by atoms with Crippen LogP contribution in [0, 0.1) is 5.82 Å². The highest BCUT2D eigenvalue weighted by Crippen LogP contribution is 2.32. The number of nitrogens with zero attached hydrogens (tertiary/aromatic N) is 5. The van der Waals surface area contributed by atoms with Gasteiger partial charge in [-0.3, -0.25) is 19.4 Å². The lowest BCUT2D eigenvalue weighted by Crippen LogP contribution is -2.45. The van der Waals surface area contributed by atoms with E-state index in [9.17, 15) is 18.8 Å². The fourth-order valence-corrected chi connectivity index (χ4v) is 3.24. The Balaban J connectivity index is 1.52. The summed E-state index contributed by atoms with van der Waals surface area (Å²) in [6, 6.07) is 12.1. The van der Waals surface area contributed by atoms with Gasteiger partial charge in [0.25, 0.3) is 11.8 Å². The van der Waals surface area contributed by atoms with Gasteiger partial charge in [0.2, 0.25) is 5.91 Å². The Kier molecular flexibility index (Phi) is 4.34. The predicted molar refractivity (Wildman–Crippen MR) is 97.9 cm³/mol. The number of hydrogen-bond donors (Lipinski definition) is 0. The van der Waals surface area contributed by atoms with Crippen LogP contribution in [0.3, 0.4) is 0 Å². The van der Waals surface area contributed by atoms with Crippen molar-refractivity contribution >= 4 is 29.1 Å². The zero-order valence-electron chi connectivity index (χ0n) is 14.9. The van der Waals surface area contributed by atoms with Crippen LogP contribution in [0.2, 0.25) is 0 Å². The van der Waals surface area contributed by atoms with Crippen LogP contribution in [0.5, 0.6) is 0 Å². The molecule has 0 saturated carbocycles. The molecule has 2 aliphatic heterocycles. The Hall–Kier alpha value is -3.62. The van der Waals surface area contributed by atoms with E-state index in [1.54, 1.807) is 19.2 Å². The van der Waals surface area contributed by atoms with E-state index >= 15 is 0 Å². The van der Waals surface area contributed by atoms with Gasteiger partial charge in [0, 0.05) is 12.7 Å². The molecule has 28 heavy (non-hydrogen) atoms. The molecule has 2 aliphatic rings.